The molecule has 1 aliphatic rings. The molecule has 1 aliphatic heterocycles. The van der Waals surface area contributed by atoms with E-state index in [2.05, 4.69) is 54.3 Å². The average Bonchev–Trinajstić information content (AvgIpc) is 2.55. The van der Waals surface area contributed by atoms with Crippen LogP contribution in [0.4, 0.5) is 0 Å². The topological polar surface area (TPSA) is 59.2 Å². The van der Waals surface area contributed by atoms with Gasteiger partial charge in [-0.1, -0.05) is 35.9 Å². The Morgan fingerprint density at radius 2 is 2.12 bits per heavy atom. The van der Waals surface area contributed by atoms with Crippen LogP contribution in [0.3, 0.4) is 0 Å². The van der Waals surface area contributed by atoms with Crippen LogP contribution in [-0.2, 0) is 11.2 Å². The number of aromatic nitrogens is 1. The predicted molar refractivity (Wildman–Crippen MR) is 95.8 cm³/mol. The maximum absolute atomic E-state index is 11.2. The van der Waals surface area contributed by atoms with E-state index in [0.717, 1.165) is 43.7 Å². The van der Waals surface area contributed by atoms with Crippen molar-refractivity contribution in [1.82, 2.24) is 9.88 Å². The first-order valence-electron chi connectivity index (χ1n) is 8.62. The fraction of sp³-hybridized carbons (Fsp3) is 0.400. The molecule has 1 aromatic heterocycles. The third-order valence-corrected chi connectivity index (χ3v) is 4.60. The highest BCUT2D eigenvalue weighted by molar-refractivity contribution is 5.75. The van der Waals surface area contributed by atoms with Crippen molar-refractivity contribution in [2.75, 3.05) is 19.6 Å². The minimum absolute atomic E-state index is 0.253. The summed E-state index contributed by atoms with van der Waals surface area (Å²) in [4.78, 5) is 18.2. The van der Waals surface area contributed by atoms with Gasteiger partial charge < -0.3 is 5.73 Å². The number of primary amides is 1. The predicted octanol–water partition coefficient (Wildman–Crippen LogP) is 2.65. The molecule has 0 spiro atoms. The van der Waals surface area contributed by atoms with Crippen LogP contribution < -0.4 is 5.73 Å². The normalized spacial score (nSPS) is 18.5. The molecule has 126 valence electrons. The molecule has 0 unspecified atom stereocenters. The van der Waals surface area contributed by atoms with Crippen LogP contribution in [0.15, 0.2) is 42.5 Å². The number of carbonyl (C=O) groups is 1. The number of carbonyl (C=O) groups excluding carboxylic acids is 1. The summed E-state index contributed by atoms with van der Waals surface area (Å²) < 4.78 is 0. The second-order valence-electron chi connectivity index (χ2n) is 6.76. The van der Waals surface area contributed by atoms with E-state index < -0.39 is 0 Å². The van der Waals surface area contributed by atoms with E-state index in [0.29, 0.717) is 12.5 Å². The zero-order valence-electron chi connectivity index (χ0n) is 14.2. The summed E-state index contributed by atoms with van der Waals surface area (Å²) in [5.74, 6) is 0.132. The fourth-order valence-electron chi connectivity index (χ4n) is 3.52. The van der Waals surface area contributed by atoms with Crippen molar-refractivity contribution in [3.8, 4) is 0 Å². The smallest absolute Gasteiger partial charge is 0.231 e. The zero-order valence-corrected chi connectivity index (χ0v) is 14.2. The van der Waals surface area contributed by atoms with Crippen molar-refractivity contribution in [3.05, 3.63) is 65.0 Å². The van der Waals surface area contributed by atoms with Gasteiger partial charge in [0.15, 0.2) is 0 Å². The fourth-order valence-corrected chi connectivity index (χ4v) is 3.52. The van der Waals surface area contributed by atoms with Crippen LogP contribution in [0.5, 0.6) is 0 Å². The molecule has 24 heavy (non-hydrogen) atoms. The minimum Gasteiger partial charge on any atom is -0.369 e. The standard InChI is InChI=1S/C20H25N3O/c1-15-5-2-6-16(11-15)12-18-8-3-9-19(22-18)17-7-4-10-23(13-17)14-20(21)24/h2-3,5-6,8-9,11,17H,4,7,10,12-14H2,1H3,(H2,21,24)/t17-/m1/s1. The van der Waals surface area contributed by atoms with Gasteiger partial charge in [0, 0.05) is 30.3 Å². The second kappa shape index (κ2) is 7.58. The summed E-state index contributed by atoms with van der Waals surface area (Å²) in [5.41, 5.74) is 10.1. The van der Waals surface area contributed by atoms with E-state index >= 15 is 0 Å². The third kappa shape index (κ3) is 4.42. The Labute approximate surface area is 143 Å². The van der Waals surface area contributed by atoms with Crippen molar-refractivity contribution in [2.24, 2.45) is 5.73 Å². The first-order chi connectivity index (χ1) is 11.6. The van der Waals surface area contributed by atoms with E-state index in [1.807, 2.05) is 0 Å². The molecule has 1 fully saturated rings. The van der Waals surface area contributed by atoms with E-state index in [1.54, 1.807) is 0 Å². The molecule has 2 heterocycles. The molecule has 3 rings (SSSR count). The highest BCUT2D eigenvalue weighted by atomic mass is 16.1. The number of nitrogens with two attached hydrogens (primary N) is 1. The lowest BCUT2D eigenvalue weighted by Crippen LogP contribution is -2.40. The SMILES string of the molecule is Cc1cccc(Cc2cccc([C@@H]3CCCN(CC(N)=O)C3)n2)c1. The lowest BCUT2D eigenvalue weighted by molar-refractivity contribution is -0.119. The Bertz CT molecular complexity index is 714. The number of likely N-dealkylation sites (tertiary alicyclic amines) is 1. The number of nitrogens with zero attached hydrogens (tertiary/aromatic N) is 2. The number of pyridine rings is 1. The molecular weight excluding hydrogens is 298 g/mol. The number of hydrogen-bond acceptors (Lipinski definition) is 3. The van der Waals surface area contributed by atoms with Gasteiger partial charge in [-0.15, -0.1) is 0 Å². The molecule has 2 aromatic rings. The number of rotatable bonds is 5. The summed E-state index contributed by atoms with van der Waals surface area (Å²) >= 11 is 0. The number of benzene rings is 1. The molecule has 1 amide bonds. The van der Waals surface area contributed by atoms with Crippen LogP contribution in [0, 0.1) is 6.92 Å². The molecule has 0 radical (unpaired) electrons. The van der Waals surface area contributed by atoms with Crippen LogP contribution in [0.2, 0.25) is 0 Å². The van der Waals surface area contributed by atoms with E-state index in [9.17, 15) is 4.79 Å². The lowest BCUT2D eigenvalue weighted by atomic mass is 9.94. The van der Waals surface area contributed by atoms with Gasteiger partial charge in [0.05, 0.1) is 6.54 Å². The molecule has 0 aliphatic carbocycles. The number of aryl methyl sites for hydroxylation is 1. The second-order valence-corrected chi connectivity index (χ2v) is 6.76. The largest absolute Gasteiger partial charge is 0.369 e. The quantitative estimate of drug-likeness (QED) is 0.920. The van der Waals surface area contributed by atoms with Crippen molar-refractivity contribution in [1.29, 1.82) is 0 Å². The van der Waals surface area contributed by atoms with Gasteiger partial charge in [0.25, 0.3) is 0 Å². The summed E-state index contributed by atoms with van der Waals surface area (Å²) in [6.45, 7) is 4.27. The number of piperidine rings is 1. The van der Waals surface area contributed by atoms with Gasteiger partial charge in [0.2, 0.25) is 5.91 Å². The summed E-state index contributed by atoms with van der Waals surface area (Å²) in [7, 11) is 0. The Hall–Kier alpha value is -2.20. The van der Waals surface area contributed by atoms with E-state index in [1.165, 1.54) is 11.1 Å². The third-order valence-electron chi connectivity index (χ3n) is 4.60. The van der Waals surface area contributed by atoms with Crippen molar-refractivity contribution < 1.29 is 4.79 Å². The van der Waals surface area contributed by atoms with Gasteiger partial charge in [-0.2, -0.15) is 0 Å². The average molecular weight is 323 g/mol. The van der Waals surface area contributed by atoms with Crippen LogP contribution >= 0.6 is 0 Å². The summed E-state index contributed by atoms with van der Waals surface area (Å²) in [6, 6.07) is 14.9. The molecule has 2 N–H and O–H groups in total. The Morgan fingerprint density at radius 1 is 1.29 bits per heavy atom. The van der Waals surface area contributed by atoms with Crippen LogP contribution in [-0.4, -0.2) is 35.4 Å². The van der Waals surface area contributed by atoms with Gasteiger partial charge in [-0.3, -0.25) is 14.7 Å². The van der Waals surface area contributed by atoms with E-state index in [-0.39, 0.29) is 5.91 Å². The van der Waals surface area contributed by atoms with Gasteiger partial charge >= 0.3 is 0 Å². The molecule has 0 saturated carbocycles. The van der Waals surface area contributed by atoms with Crippen molar-refractivity contribution in [2.45, 2.75) is 32.1 Å². The van der Waals surface area contributed by atoms with Crippen LogP contribution in [0.25, 0.3) is 0 Å². The maximum atomic E-state index is 11.2. The first kappa shape index (κ1) is 16.7. The zero-order chi connectivity index (χ0) is 16.9. The molecule has 4 heteroatoms. The molecule has 1 atom stereocenters. The lowest BCUT2D eigenvalue weighted by Gasteiger charge is -2.31. The summed E-state index contributed by atoms with van der Waals surface area (Å²) in [5, 5.41) is 0. The van der Waals surface area contributed by atoms with Gasteiger partial charge in [0.1, 0.15) is 0 Å². The molecular formula is C20H25N3O. The molecule has 4 nitrogen and oxygen atoms in total. The van der Waals surface area contributed by atoms with Crippen molar-refractivity contribution in [3.63, 3.8) is 0 Å². The monoisotopic (exact) mass is 323 g/mol. The molecule has 0 bridgehead atoms. The van der Waals surface area contributed by atoms with E-state index in [4.69, 9.17) is 10.7 Å². The maximum Gasteiger partial charge on any atom is 0.231 e. The first-order valence-corrected chi connectivity index (χ1v) is 8.62. The minimum atomic E-state index is -0.253. The van der Waals surface area contributed by atoms with Gasteiger partial charge in [-0.05, 0) is 44.0 Å². The molecule has 1 aromatic carbocycles. The Kier molecular flexibility index (Phi) is 5.26. The van der Waals surface area contributed by atoms with Gasteiger partial charge in [-0.25, -0.2) is 0 Å². The number of amides is 1. The Balaban J connectivity index is 1.71. The number of hydrogen-bond donors (Lipinski definition) is 1. The highest BCUT2D eigenvalue weighted by Crippen LogP contribution is 2.26. The molecule has 1 saturated heterocycles. The Morgan fingerprint density at radius 3 is 2.92 bits per heavy atom. The van der Waals surface area contributed by atoms with Crippen molar-refractivity contribution >= 4 is 5.91 Å². The summed E-state index contributed by atoms with van der Waals surface area (Å²) in [6.07, 6.45) is 3.06. The van der Waals surface area contributed by atoms with Crippen LogP contribution in [0.1, 0.15) is 41.3 Å². The highest BCUT2D eigenvalue weighted by Gasteiger charge is 2.23.